The van der Waals surface area contributed by atoms with Gasteiger partial charge in [0, 0.05) is 11.9 Å². The van der Waals surface area contributed by atoms with Crippen molar-refractivity contribution in [2.24, 2.45) is 17.8 Å². The maximum atomic E-state index is 12.7. The number of esters is 1. The summed E-state index contributed by atoms with van der Waals surface area (Å²) < 4.78 is 4.69. The van der Waals surface area contributed by atoms with Crippen molar-refractivity contribution in [3.63, 3.8) is 0 Å². The van der Waals surface area contributed by atoms with Gasteiger partial charge in [-0.1, -0.05) is 30.7 Å². The van der Waals surface area contributed by atoms with Gasteiger partial charge in [-0.15, -0.1) is 0 Å². The molecule has 6 nitrogen and oxygen atoms in total. The molecule has 0 radical (unpaired) electrons. The van der Waals surface area contributed by atoms with E-state index in [0.29, 0.717) is 12.1 Å². The summed E-state index contributed by atoms with van der Waals surface area (Å²) >= 11 is 0. The van der Waals surface area contributed by atoms with Crippen LogP contribution in [-0.2, 0) is 14.3 Å². The SMILES string of the molecule is COC(=O)c1ccccc1NC(=O)[C@@H]1CC(C)=C[C@H](C)[C@@H]1C(=O)[O-]. The van der Waals surface area contributed by atoms with Crippen LogP contribution in [0.4, 0.5) is 5.69 Å². The zero-order valence-corrected chi connectivity index (χ0v) is 13.9. The molecule has 0 aliphatic heterocycles. The van der Waals surface area contributed by atoms with Crippen molar-refractivity contribution in [1.82, 2.24) is 0 Å². The second-order valence-corrected chi connectivity index (χ2v) is 6.05. The molecule has 1 amide bonds. The average molecular weight is 330 g/mol. The minimum atomic E-state index is -1.24. The first-order chi connectivity index (χ1) is 11.3. The number of rotatable bonds is 4. The molecule has 0 aromatic heterocycles. The fraction of sp³-hybridized carbons (Fsp3) is 0.389. The van der Waals surface area contributed by atoms with Gasteiger partial charge in [-0.2, -0.15) is 0 Å². The van der Waals surface area contributed by atoms with Gasteiger partial charge < -0.3 is 20.0 Å². The van der Waals surface area contributed by atoms with Crippen LogP contribution in [0.2, 0.25) is 0 Å². The summed E-state index contributed by atoms with van der Waals surface area (Å²) in [7, 11) is 1.25. The van der Waals surface area contributed by atoms with Gasteiger partial charge >= 0.3 is 5.97 Å². The molecule has 1 N–H and O–H groups in total. The van der Waals surface area contributed by atoms with E-state index in [0.717, 1.165) is 5.57 Å². The fourth-order valence-electron chi connectivity index (χ4n) is 3.20. The van der Waals surface area contributed by atoms with Gasteiger partial charge in [0.05, 0.1) is 24.3 Å². The molecule has 1 aromatic carbocycles. The van der Waals surface area contributed by atoms with Gasteiger partial charge in [0.1, 0.15) is 0 Å². The van der Waals surface area contributed by atoms with E-state index in [9.17, 15) is 19.5 Å². The standard InChI is InChI=1S/C18H21NO5/c1-10-8-11(2)15(17(21)22)13(9-10)16(20)19-14-7-5-4-6-12(14)18(23)24-3/h4-8,11,13,15H,9H2,1-3H3,(H,19,20)(H,21,22)/p-1/t11-,13+,15-/m0/s1. The molecule has 0 spiro atoms. The molecule has 1 aliphatic carbocycles. The number of para-hydroxylation sites is 1. The zero-order valence-electron chi connectivity index (χ0n) is 13.9. The topological polar surface area (TPSA) is 95.5 Å². The summed E-state index contributed by atoms with van der Waals surface area (Å²) in [4.78, 5) is 35.9. The Morgan fingerprint density at radius 2 is 1.92 bits per heavy atom. The molecule has 2 rings (SSSR count). The fourth-order valence-corrected chi connectivity index (χ4v) is 3.20. The quantitative estimate of drug-likeness (QED) is 0.665. The molecule has 1 aromatic rings. The van der Waals surface area contributed by atoms with Crippen molar-refractivity contribution in [2.75, 3.05) is 12.4 Å². The molecule has 0 saturated heterocycles. The first-order valence-electron chi connectivity index (χ1n) is 7.71. The minimum absolute atomic E-state index is 0.217. The third kappa shape index (κ3) is 3.64. The molecule has 0 bridgehead atoms. The Balaban J connectivity index is 2.28. The molecule has 0 unspecified atom stereocenters. The second kappa shape index (κ2) is 7.29. The van der Waals surface area contributed by atoms with E-state index in [-0.39, 0.29) is 11.5 Å². The van der Waals surface area contributed by atoms with E-state index in [1.54, 1.807) is 25.1 Å². The van der Waals surface area contributed by atoms with Crippen LogP contribution in [0.1, 0.15) is 30.6 Å². The number of ether oxygens (including phenoxy) is 1. The van der Waals surface area contributed by atoms with E-state index in [1.807, 2.05) is 13.0 Å². The van der Waals surface area contributed by atoms with E-state index in [1.165, 1.54) is 13.2 Å². The summed E-state index contributed by atoms with van der Waals surface area (Å²) in [5.41, 5.74) is 1.47. The number of aliphatic carboxylic acids is 1. The summed E-state index contributed by atoms with van der Waals surface area (Å²) in [5.74, 6) is -4.21. The lowest BCUT2D eigenvalue weighted by atomic mass is 9.73. The highest BCUT2D eigenvalue weighted by atomic mass is 16.5. The Kier molecular flexibility index (Phi) is 5.39. The zero-order chi connectivity index (χ0) is 17.9. The molecular weight excluding hydrogens is 310 g/mol. The number of carboxylic acids is 1. The number of hydrogen-bond acceptors (Lipinski definition) is 5. The van der Waals surface area contributed by atoms with Crippen molar-refractivity contribution in [1.29, 1.82) is 0 Å². The summed E-state index contributed by atoms with van der Waals surface area (Å²) in [6.07, 6.45) is 2.20. The van der Waals surface area contributed by atoms with Gasteiger partial charge in [-0.3, -0.25) is 4.79 Å². The Morgan fingerprint density at radius 1 is 1.25 bits per heavy atom. The van der Waals surface area contributed by atoms with Gasteiger partial charge in [-0.25, -0.2) is 4.79 Å². The van der Waals surface area contributed by atoms with Crippen LogP contribution in [0.15, 0.2) is 35.9 Å². The number of carbonyl (C=O) groups is 3. The van der Waals surface area contributed by atoms with Gasteiger partial charge in [0.15, 0.2) is 0 Å². The highest BCUT2D eigenvalue weighted by molar-refractivity contribution is 6.02. The number of amides is 1. The molecule has 1 aliphatic rings. The molecule has 0 fully saturated rings. The number of methoxy groups -OCH3 is 1. The van der Waals surface area contributed by atoms with Crippen molar-refractivity contribution in [2.45, 2.75) is 20.3 Å². The molecule has 0 heterocycles. The van der Waals surface area contributed by atoms with Crippen LogP contribution in [0.3, 0.4) is 0 Å². The molecule has 0 saturated carbocycles. The summed E-state index contributed by atoms with van der Waals surface area (Å²) in [5, 5.41) is 14.1. The van der Waals surface area contributed by atoms with E-state index < -0.39 is 29.7 Å². The van der Waals surface area contributed by atoms with Gasteiger partial charge in [0.25, 0.3) is 0 Å². The Morgan fingerprint density at radius 3 is 2.54 bits per heavy atom. The lowest BCUT2D eigenvalue weighted by Crippen LogP contribution is -2.45. The number of anilines is 1. The minimum Gasteiger partial charge on any atom is -0.550 e. The van der Waals surface area contributed by atoms with Gasteiger partial charge in [0.2, 0.25) is 5.91 Å². The highest BCUT2D eigenvalue weighted by Gasteiger charge is 2.36. The van der Waals surface area contributed by atoms with Crippen molar-refractivity contribution >= 4 is 23.5 Å². The Bertz CT molecular complexity index is 694. The largest absolute Gasteiger partial charge is 0.550 e. The normalized spacial score (nSPS) is 23.1. The highest BCUT2D eigenvalue weighted by Crippen LogP contribution is 2.34. The number of carbonyl (C=O) groups excluding carboxylic acids is 3. The van der Waals surface area contributed by atoms with Crippen LogP contribution in [-0.4, -0.2) is 25.0 Å². The Hall–Kier alpha value is -2.63. The van der Waals surface area contributed by atoms with Crippen LogP contribution in [0, 0.1) is 17.8 Å². The number of nitrogens with one attached hydrogen (secondary N) is 1. The van der Waals surface area contributed by atoms with Crippen LogP contribution in [0.25, 0.3) is 0 Å². The smallest absolute Gasteiger partial charge is 0.339 e. The number of benzene rings is 1. The second-order valence-electron chi connectivity index (χ2n) is 6.05. The van der Waals surface area contributed by atoms with E-state index >= 15 is 0 Å². The molecule has 6 heteroatoms. The van der Waals surface area contributed by atoms with Crippen LogP contribution in [0.5, 0.6) is 0 Å². The van der Waals surface area contributed by atoms with Crippen molar-refractivity contribution < 1.29 is 24.2 Å². The number of hydrogen-bond donors (Lipinski definition) is 1. The lowest BCUT2D eigenvalue weighted by Gasteiger charge is -2.35. The Labute approximate surface area is 140 Å². The van der Waals surface area contributed by atoms with Crippen LogP contribution < -0.4 is 10.4 Å². The third-order valence-corrected chi connectivity index (χ3v) is 4.29. The third-order valence-electron chi connectivity index (χ3n) is 4.29. The van der Waals surface area contributed by atoms with E-state index in [2.05, 4.69) is 5.32 Å². The maximum Gasteiger partial charge on any atom is 0.339 e. The van der Waals surface area contributed by atoms with Crippen molar-refractivity contribution in [3.05, 3.63) is 41.5 Å². The number of allylic oxidation sites excluding steroid dienone is 2. The molecule has 3 atom stereocenters. The van der Waals surface area contributed by atoms with E-state index in [4.69, 9.17) is 4.74 Å². The summed E-state index contributed by atoms with van der Waals surface area (Å²) in [6.45, 7) is 3.62. The molecule has 128 valence electrons. The van der Waals surface area contributed by atoms with Crippen LogP contribution >= 0.6 is 0 Å². The van der Waals surface area contributed by atoms with Crippen molar-refractivity contribution in [3.8, 4) is 0 Å². The molecule has 24 heavy (non-hydrogen) atoms. The monoisotopic (exact) mass is 330 g/mol. The lowest BCUT2D eigenvalue weighted by molar-refractivity contribution is -0.314. The predicted octanol–water partition coefficient (Wildman–Crippen LogP) is 1.38. The number of carboxylic acid groups (broad SMARTS) is 1. The maximum absolute atomic E-state index is 12.7. The molecular formula is C18H20NO5-. The first-order valence-corrected chi connectivity index (χ1v) is 7.71. The predicted molar refractivity (Wildman–Crippen MR) is 85.9 cm³/mol. The average Bonchev–Trinajstić information content (AvgIpc) is 2.53. The van der Waals surface area contributed by atoms with Gasteiger partial charge in [-0.05, 0) is 31.4 Å². The summed E-state index contributed by atoms with van der Waals surface area (Å²) in [6, 6.07) is 6.44. The first kappa shape index (κ1) is 17.7.